The van der Waals surface area contributed by atoms with Crippen LogP contribution in [0.1, 0.15) is 0 Å². The average Bonchev–Trinajstić information content (AvgIpc) is 3.04. The van der Waals surface area contributed by atoms with Crippen LogP contribution in [0.2, 0.25) is 0 Å². The zero-order valence-electron chi connectivity index (χ0n) is 9.59. The van der Waals surface area contributed by atoms with Crippen molar-refractivity contribution in [1.82, 2.24) is 14.8 Å². The highest BCUT2D eigenvalue weighted by Gasteiger charge is 2.03. The molecule has 4 aromatic rings. The summed E-state index contributed by atoms with van der Waals surface area (Å²) in [7, 11) is 0. The molecule has 1 N–H and O–H groups in total. The molecule has 4 rings (SSSR count). The number of benzene rings is 2. The highest BCUT2D eigenvalue weighted by molar-refractivity contribution is 5.84. The number of aromatic amines is 1. The molecule has 0 atom stereocenters. The van der Waals surface area contributed by atoms with Crippen LogP contribution in [0.3, 0.4) is 0 Å². The summed E-state index contributed by atoms with van der Waals surface area (Å²) >= 11 is 0. The fourth-order valence-corrected chi connectivity index (χ4v) is 2.33. The summed E-state index contributed by atoms with van der Waals surface area (Å²) in [6.07, 6.45) is 3.93. The minimum atomic E-state index is 1.06. The molecule has 1 radical (unpaired) electrons. The van der Waals surface area contributed by atoms with Crippen molar-refractivity contribution in [2.75, 3.05) is 0 Å². The van der Waals surface area contributed by atoms with Crippen LogP contribution in [0.25, 0.3) is 27.5 Å². The number of hydrogen-bond acceptors (Lipinski definition) is 1. The Morgan fingerprint density at radius 2 is 2.11 bits per heavy atom. The lowest BCUT2D eigenvalue weighted by atomic mass is 10.2. The fourth-order valence-electron chi connectivity index (χ4n) is 2.33. The molecule has 0 aliphatic rings. The lowest BCUT2D eigenvalue weighted by Gasteiger charge is -2.05. The summed E-state index contributed by atoms with van der Waals surface area (Å²) in [5.41, 5.74) is 3.39. The zero-order chi connectivity index (χ0) is 11.9. The van der Waals surface area contributed by atoms with Gasteiger partial charge < -0.3 is 4.57 Å². The second kappa shape index (κ2) is 3.47. The molecule has 0 aliphatic carbocycles. The van der Waals surface area contributed by atoms with Gasteiger partial charge in [-0.05, 0) is 42.5 Å². The van der Waals surface area contributed by atoms with E-state index >= 15 is 0 Å². The highest BCUT2D eigenvalue weighted by atomic mass is 15.1. The van der Waals surface area contributed by atoms with Crippen molar-refractivity contribution in [3.8, 4) is 5.69 Å². The number of aromatic nitrogens is 3. The van der Waals surface area contributed by atoms with Gasteiger partial charge in [0.15, 0.2) is 0 Å². The molecule has 0 bridgehead atoms. The van der Waals surface area contributed by atoms with Gasteiger partial charge in [0.2, 0.25) is 0 Å². The average molecular weight is 232 g/mol. The Hall–Kier alpha value is -2.55. The van der Waals surface area contributed by atoms with E-state index in [1.54, 1.807) is 0 Å². The van der Waals surface area contributed by atoms with Crippen molar-refractivity contribution in [3.05, 3.63) is 60.9 Å². The minimum absolute atomic E-state index is 1.06. The summed E-state index contributed by atoms with van der Waals surface area (Å²) in [5.74, 6) is 0. The van der Waals surface area contributed by atoms with Crippen molar-refractivity contribution in [2.24, 2.45) is 0 Å². The number of nitrogens with zero attached hydrogens (tertiary/aromatic N) is 2. The fraction of sp³-hybridized carbons (Fsp3) is 0. The van der Waals surface area contributed by atoms with Gasteiger partial charge in [-0.25, -0.2) is 0 Å². The second-order valence-electron chi connectivity index (χ2n) is 4.31. The van der Waals surface area contributed by atoms with Crippen molar-refractivity contribution in [3.63, 3.8) is 0 Å². The maximum atomic E-state index is 4.05. The molecule has 2 aromatic carbocycles. The first-order valence-electron chi connectivity index (χ1n) is 5.82. The van der Waals surface area contributed by atoms with E-state index in [2.05, 4.69) is 57.4 Å². The van der Waals surface area contributed by atoms with Gasteiger partial charge in [0.25, 0.3) is 0 Å². The predicted octanol–water partition coefficient (Wildman–Crippen LogP) is 3.31. The number of nitrogens with one attached hydrogen (secondary N) is 1. The summed E-state index contributed by atoms with van der Waals surface area (Å²) in [5, 5.41) is 9.33. The lowest BCUT2D eigenvalue weighted by Crippen LogP contribution is -1.90. The standard InChI is InChI=1S/C15H10N3/c1-2-4-15-11(3-1)7-8-18(15)13-5-6-14-12(9-13)10-16-17-14/h2-10H,(H,16,17). The number of hydrogen-bond donors (Lipinski definition) is 1. The van der Waals surface area contributed by atoms with Crippen LogP contribution in [0.4, 0.5) is 0 Å². The van der Waals surface area contributed by atoms with E-state index in [1.165, 1.54) is 10.9 Å². The number of H-pyrrole nitrogens is 1. The van der Waals surface area contributed by atoms with Crippen molar-refractivity contribution in [2.45, 2.75) is 0 Å². The first-order chi connectivity index (χ1) is 8.92. The Labute approximate surface area is 104 Å². The van der Waals surface area contributed by atoms with E-state index < -0.39 is 0 Å². The lowest BCUT2D eigenvalue weighted by molar-refractivity contribution is 1.12. The Morgan fingerprint density at radius 3 is 3.11 bits per heavy atom. The molecule has 0 aliphatic heterocycles. The first-order valence-corrected chi connectivity index (χ1v) is 5.82. The second-order valence-corrected chi connectivity index (χ2v) is 4.31. The largest absolute Gasteiger partial charge is 0.317 e. The van der Waals surface area contributed by atoms with Crippen LogP contribution in [0, 0.1) is 6.07 Å². The van der Waals surface area contributed by atoms with Gasteiger partial charge in [-0.15, -0.1) is 0 Å². The Balaban J connectivity index is 2.00. The van der Waals surface area contributed by atoms with E-state index in [-0.39, 0.29) is 0 Å². The summed E-state index contributed by atoms with van der Waals surface area (Å²) in [6, 6.07) is 17.5. The van der Waals surface area contributed by atoms with E-state index in [0.29, 0.717) is 0 Å². The van der Waals surface area contributed by atoms with Crippen LogP contribution in [-0.2, 0) is 0 Å². The van der Waals surface area contributed by atoms with Crippen molar-refractivity contribution < 1.29 is 0 Å². The van der Waals surface area contributed by atoms with Gasteiger partial charge in [0, 0.05) is 22.7 Å². The van der Waals surface area contributed by atoms with E-state index in [9.17, 15) is 0 Å². The van der Waals surface area contributed by atoms with Gasteiger partial charge in [-0.2, -0.15) is 5.10 Å². The van der Waals surface area contributed by atoms with Crippen molar-refractivity contribution >= 4 is 21.8 Å². The van der Waals surface area contributed by atoms with Gasteiger partial charge in [0.1, 0.15) is 0 Å². The molecule has 2 heterocycles. The first kappa shape index (κ1) is 9.48. The van der Waals surface area contributed by atoms with Crippen LogP contribution < -0.4 is 0 Å². The Kier molecular flexibility index (Phi) is 1.83. The Bertz CT molecular complexity index is 839. The molecule has 2 aromatic heterocycles. The zero-order valence-corrected chi connectivity index (χ0v) is 9.59. The smallest absolute Gasteiger partial charge is 0.0651 e. The SMILES string of the molecule is [c]1ccc2c(c1)ccn2-c1ccc2[nH]ncc2c1. The normalized spacial score (nSPS) is 11.3. The number of rotatable bonds is 1. The molecule has 85 valence electrons. The molecule has 3 nitrogen and oxygen atoms in total. The van der Waals surface area contributed by atoms with Gasteiger partial charge >= 0.3 is 0 Å². The third-order valence-corrected chi connectivity index (χ3v) is 3.24. The third kappa shape index (κ3) is 1.27. The van der Waals surface area contributed by atoms with Crippen molar-refractivity contribution in [1.29, 1.82) is 0 Å². The summed E-state index contributed by atoms with van der Waals surface area (Å²) in [4.78, 5) is 0. The molecular formula is C15H10N3. The molecule has 3 heteroatoms. The molecule has 18 heavy (non-hydrogen) atoms. The van der Waals surface area contributed by atoms with E-state index in [4.69, 9.17) is 0 Å². The quantitative estimate of drug-likeness (QED) is 0.536. The molecule has 0 saturated carbocycles. The molecule has 0 spiro atoms. The van der Waals surface area contributed by atoms with Gasteiger partial charge in [-0.1, -0.05) is 6.07 Å². The minimum Gasteiger partial charge on any atom is -0.317 e. The van der Waals surface area contributed by atoms with Gasteiger partial charge in [0.05, 0.1) is 17.2 Å². The molecule has 0 fully saturated rings. The summed E-state index contributed by atoms with van der Waals surface area (Å²) in [6.45, 7) is 0. The van der Waals surface area contributed by atoms with Crippen LogP contribution in [0.5, 0.6) is 0 Å². The Morgan fingerprint density at radius 1 is 1.11 bits per heavy atom. The molecule has 0 saturated heterocycles. The van der Waals surface area contributed by atoms with Crippen LogP contribution in [-0.4, -0.2) is 14.8 Å². The van der Waals surface area contributed by atoms with Gasteiger partial charge in [-0.3, -0.25) is 5.10 Å². The molecule has 0 unspecified atom stereocenters. The molecule has 0 amide bonds. The maximum Gasteiger partial charge on any atom is 0.0651 e. The van der Waals surface area contributed by atoms with Crippen LogP contribution in [0.15, 0.2) is 54.9 Å². The highest BCUT2D eigenvalue weighted by Crippen LogP contribution is 2.22. The summed E-state index contributed by atoms with van der Waals surface area (Å²) < 4.78 is 2.18. The monoisotopic (exact) mass is 232 g/mol. The topological polar surface area (TPSA) is 33.6 Å². The molecular weight excluding hydrogens is 222 g/mol. The number of fused-ring (bicyclic) bond motifs is 2. The van der Waals surface area contributed by atoms with E-state index in [1.807, 2.05) is 18.3 Å². The maximum absolute atomic E-state index is 4.05. The van der Waals surface area contributed by atoms with Crippen LogP contribution >= 0.6 is 0 Å². The third-order valence-electron chi connectivity index (χ3n) is 3.24. The predicted molar refractivity (Wildman–Crippen MR) is 71.8 cm³/mol. The van der Waals surface area contributed by atoms with E-state index in [0.717, 1.165) is 16.6 Å².